The van der Waals surface area contributed by atoms with E-state index in [9.17, 15) is 0 Å². The molecule has 0 saturated carbocycles. The van der Waals surface area contributed by atoms with Crippen LogP contribution in [0.25, 0.3) is 20.2 Å². The maximum atomic E-state index is 7.78. The van der Waals surface area contributed by atoms with Gasteiger partial charge < -0.3 is 15.8 Å². The minimum atomic E-state index is -0.374. The quantitative estimate of drug-likeness (QED) is 0.356. The van der Waals surface area contributed by atoms with Crippen molar-refractivity contribution in [2.45, 2.75) is 19.4 Å². The van der Waals surface area contributed by atoms with Crippen LogP contribution in [0, 0.1) is 17.3 Å². The van der Waals surface area contributed by atoms with E-state index in [1.54, 1.807) is 18.4 Å². The highest BCUT2D eigenvalue weighted by Crippen LogP contribution is 2.34. The normalized spacial score (nSPS) is 12.0. The number of nitrogens with two attached hydrogens (primary N) is 1. The van der Waals surface area contributed by atoms with Crippen LogP contribution in [-0.2, 0) is 11.2 Å². The lowest BCUT2D eigenvalue weighted by Gasteiger charge is -2.16. The van der Waals surface area contributed by atoms with Crippen molar-refractivity contribution in [3.8, 4) is 11.8 Å². The molecule has 5 heteroatoms. The van der Waals surface area contributed by atoms with Crippen LogP contribution in [0.15, 0.2) is 36.4 Å². The van der Waals surface area contributed by atoms with Gasteiger partial charge in [0.15, 0.2) is 0 Å². The van der Waals surface area contributed by atoms with Crippen molar-refractivity contribution in [2.75, 3.05) is 20.2 Å². The lowest BCUT2D eigenvalue weighted by molar-refractivity contribution is 0.103. The number of hydrogen-bond acceptors (Lipinski definition) is 4. The molecule has 134 valence electrons. The molecule has 26 heavy (non-hydrogen) atoms. The molecule has 4 N–H and O–H groups in total. The number of nitrogens with one attached hydrogen (secondary N) is 2. The molecule has 0 saturated heterocycles. The van der Waals surface area contributed by atoms with Crippen molar-refractivity contribution < 1.29 is 4.74 Å². The van der Waals surface area contributed by atoms with E-state index in [1.165, 1.54) is 25.7 Å². The first-order valence-electron chi connectivity index (χ1n) is 8.62. The Morgan fingerprint density at radius 1 is 1.23 bits per heavy atom. The third kappa shape index (κ3) is 3.88. The Hall–Kier alpha value is -2.39. The largest absolute Gasteiger partial charge is 0.375 e. The van der Waals surface area contributed by atoms with Crippen LogP contribution in [-0.4, -0.2) is 32.1 Å². The number of likely N-dealkylation sites (N-methyl/N-ethyl adjacent to an activating group) is 1. The second kappa shape index (κ2) is 8.33. The zero-order valence-corrected chi connectivity index (χ0v) is 15.9. The molecule has 0 aliphatic heterocycles. The molecule has 1 atom stereocenters. The number of hydrogen-bond donors (Lipinski definition) is 3. The lowest BCUT2D eigenvalue weighted by Crippen LogP contribution is -2.39. The van der Waals surface area contributed by atoms with Crippen LogP contribution in [0.4, 0.5) is 0 Å². The summed E-state index contributed by atoms with van der Waals surface area (Å²) in [5.74, 6) is 6.41. The average molecular weight is 366 g/mol. The van der Waals surface area contributed by atoms with Gasteiger partial charge in [0.05, 0.1) is 6.61 Å². The molecule has 0 amide bonds. The summed E-state index contributed by atoms with van der Waals surface area (Å²) in [5, 5.41) is 13.1. The maximum Gasteiger partial charge on any atom is 0.126 e. The van der Waals surface area contributed by atoms with Crippen molar-refractivity contribution >= 4 is 37.3 Å². The molecule has 0 fully saturated rings. The van der Waals surface area contributed by atoms with Crippen molar-refractivity contribution in [2.24, 2.45) is 5.73 Å². The molecule has 3 aromatic rings. The van der Waals surface area contributed by atoms with Crippen LogP contribution in [0.2, 0.25) is 0 Å². The fraction of sp³-hybridized carbons (Fsp3) is 0.286. The molecule has 0 radical (unpaired) electrons. The SMILES string of the molecule is CC#Cc1ccc2sc3ccc(CCOC(CN)C(=N)NC)cc3c2c1. The molecular weight excluding hydrogens is 342 g/mol. The summed E-state index contributed by atoms with van der Waals surface area (Å²) >= 11 is 1.80. The van der Waals surface area contributed by atoms with Crippen LogP contribution in [0.3, 0.4) is 0 Å². The average Bonchev–Trinajstić information content (AvgIpc) is 3.02. The molecule has 0 bridgehead atoms. The fourth-order valence-electron chi connectivity index (χ4n) is 2.95. The zero-order chi connectivity index (χ0) is 18.5. The summed E-state index contributed by atoms with van der Waals surface area (Å²) in [4.78, 5) is 0. The summed E-state index contributed by atoms with van der Waals surface area (Å²) in [6.07, 6.45) is 0.413. The van der Waals surface area contributed by atoms with E-state index in [0.717, 1.165) is 12.0 Å². The van der Waals surface area contributed by atoms with E-state index in [0.29, 0.717) is 19.0 Å². The van der Waals surface area contributed by atoms with E-state index in [1.807, 2.05) is 6.92 Å². The van der Waals surface area contributed by atoms with Gasteiger partial charge in [-0.15, -0.1) is 17.3 Å². The smallest absolute Gasteiger partial charge is 0.126 e. The second-order valence-electron chi connectivity index (χ2n) is 6.03. The highest BCUT2D eigenvalue weighted by atomic mass is 32.1. The molecule has 1 heterocycles. The van der Waals surface area contributed by atoms with Gasteiger partial charge >= 0.3 is 0 Å². The van der Waals surface area contributed by atoms with Crippen LogP contribution < -0.4 is 11.1 Å². The van der Waals surface area contributed by atoms with Gasteiger partial charge in [-0.05, 0) is 49.2 Å². The molecule has 3 rings (SSSR count). The van der Waals surface area contributed by atoms with E-state index in [2.05, 4.69) is 53.6 Å². The van der Waals surface area contributed by atoms with Crippen LogP contribution in [0.5, 0.6) is 0 Å². The zero-order valence-electron chi connectivity index (χ0n) is 15.1. The highest BCUT2D eigenvalue weighted by molar-refractivity contribution is 7.25. The first-order valence-corrected chi connectivity index (χ1v) is 9.43. The van der Waals surface area contributed by atoms with Crippen LogP contribution >= 0.6 is 11.3 Å². The predicted octanol–water partition coefficient (Wildman–Crippen LogP) is 3.51. The Bertz CT molecular complexity index is 997. The third-order valence-corrected chi connectivity index (χ3v) is 5.47. The monoisotopic (exact) mass is 365 g/mol. The van der Waals surface area contributed by atoms with Gasteiger partial charge in [-0.25, -0.2) is 0 Å². The fourth-order valence-corrected chi connectivity index (χ4v) is 4.02. The third-order valence-electron chi connectivity index (χ3n) is 4.32. The molecule has 0 aliphatic rings. The van der Waals surface area contributed by atoms with E-state index >= 15 is 0 Å². The number of thiophene rings is 1. The molecule has 1 aromatic heterocycles. The number of benzene rings is 2. The summed E-state index contributed by atoms with van der Waals surface area (Å²) in [6, 6.07) is 13.0. The Morgan fingerprint density at radius 3 is 2.65 bits per heavy atom. The summed E-state index contributed by atoms with van der Waals surface area (Å²) < 4.78 is 8.31. The summed E-state index contributed by atoms with van der Waals surface area (Å²) in [7, 11) is 1.71. The van der Waals surface area contributed by atoms with Gasteiger partial charge in [-0.3, -0.25) is 5.41 Å². The van der Waals surface area contributed by atoms with Crippen molar-refractivity contribution in [1.82, 2.24) is 5.32 Å². The minimum absolute atomic E-state index is 0.301. The molecule has 0 aliphatic carbocycles. The van der Waals surface area contributed by atoms with Crippen molar-refractivity contribution in [3.63, 3.8) is 0 Å². The van der Waals surface area contributed by atoms with Gasteiger partial charge in [0, 0.05) is 39.3 Å². The van der Waals surface area contributed by atoms with E-state index in [4.69, 9.17) is 15.9 Å². The lowest BCUT2D eigenvalue weighted by atomic mass is 10.1. The van der Waals surface area contributed by atoms with Gasteiger partial charge in [-0.2, -0.15) is 0 Å². The minimum Gasteiger partial charge on any atom is -0.375 e. The first kappa shape index (κ1) is 18.4. The van der Waals surface area contributed by atoms with Crippen molar-refractivity contribution in [3.05, 3.63) is 47.5 Å². The van der Waals surface area contributed by atoms with Gasteiger partial charge in [0.2, 0.25) is 0 Å². The van der Waals surface area contributed by atoms with Gasteiger partial charge in [-0.1, -0.05) is 12.0 Å². The van der Waals surface area contributed by atoms with Gasteiger partial charge in [0.25, 0.3) is 0 Å². The predicted molar refractivity (Wildman–Crippen MR) is 111 cm³/mol. The Balaban J connectivity index is 1.81. The molecular formula is C21H23N3OS. The first-order chi connectivity index (χ1) is 12.7. The van der Waals surface area contributed by atoms with Crippen LogP contribution in [0.1, 0.15) is 18.1 Å². The van der Waals surface area contributed by atoms with E-state index < -0.39 is 0 Å². The second-order valence-corrected chi connectivity index (χ2v) is 7.11. The highest BCUT2D eigenvalue weighted by Gasteiger charge is 2.12. The number of ether oxygens (including phenoxy) is 1. The number of rotatable bonds is 6. The maximum absolute atomic E-state index is 7.78. The Morgan fingerprint density at radius 2 is 1.96 bits per heavy atom. The summed E-state index contributed by atoms with van der Waals surface area (Å²) in [6.45, 7) is 2.69. The standard InChI is InChI=1S/C21H23N3OS/c1-3-4-14-5-7-19-16(11-14)17-12-15(6-8-20(17)26-19)9-10-25-18(13-22)21(23)24-2/h5-8,11-12,18H,9-10,13,22H2,1-2H3,(H2,23,24). The molecule has 0 spiro atoms. The molecule has 2 aromatic carbocycles. The Kier molecular flexibility index (Phi) is 5.89. The van der Waals surface area contributed by atoms with Crippen molar-refractivity contribution in [1.29, 1.82) is 5.41 Å². The molecule has 4 nitrogen and oxygen atoms in total. The number of amidine groups is 1. The number of fused-ring (bicyclic) bond motifs is 3. The summed E-state index contributed by atoms with van der Waals surface area (Å²) in [5.41, 5.74) is 7.94. The topological polar surface area (TPSA) is 71.1 Å². The van der Waals surface area contributed by atoms with Gasteiger partial charge in [0.1, 0.15) is 11.9 Å². The Labute approximate surface area is 157 Å². The van der Waals surface area contributed by atoms with E-state index in [-0.39, 0.29) is 6.10 Å². The molecule has 1 unspecified atom stereocenters.